The van der Waals surface area contributed by atoms with Gasteiger partial charge in [-0.2, -0.15) is 0 Å². The van der Waals surface area contributed by atoms with Gasteiger partial charge in [0.15, 0.2) is 15.8 Å². The van der Waals surface area contributed by atoms with Gasteiger partial charge in [0.1, 0.15) is 0 Å². The van der Waals surface area contributed by atoms with Crippen molar-refractivity contribution in [2.24, 2.45) is 10.9 Å². The molecule has 1 saturated heterocycles. The predicted octanol–water partition coefficient (Wildman–Crippen LogP) is 2.15. The van der Waals surface area contributed by atoms with E-state index in [1.165, 1.54) is 12.8 Å². The molecule has 2 N–H and O–H groups in total. The summed E-state index contributed by atoms with van der Waals surface area (Å²) in [5, 5.41) is 7.42. The Bertz CT molecular complexity index is 700. The summed E-state index contributed by atoms with van der Waals surface area (Å²) in [7, 11) is -2.85. The van der Waals surface area contributed by atoms with Crippen molar-refractivity contribution >= 4 is 27.4 Å². The molecule has 138 valence electrons. The van der Waals surface area contributed by atoms with E-state index in [4.69, 9.17) is 11.6 Å². The van der Waals surface area contributed by atoms with Crippen molar-refractivity contribution in [1.29, 1.82) is 0 Å². The molecule has 1 aromatic heterocycles. The zero-order chi connectivity index (χ0) is 17.7. The Kier molecular flexibility index (Phi) is 6.17. The Hall–Kier alpha value is -1.34. The van der Waals surface area contributed by atoms with Crippen LogP contribution in [0.5, 0.6) is 0 Å². The summed E-state index contributed by atoms with van der Waals surface area (Å²) >= 11 is 5.86. The lowest BCUT2D eigenvalue weighted by molar-refractivity contribution is 0.553. The van der Waals surface area contributed by atoms with Gasteiger partial charge in [-0.3, -0.25) is 4.98 Å². The van der Waals surface area contributed by atoms with Crippen molar-refractivity contribution in [2.45, 2.75) is 44.7 Å². The van der Waals surface area contributed by atoms with Crippen molar-refractivity contribution in [3.05, 3.63) is 29.0 Å². The van der Waals surface area contributed by atoms with Crippen LogP contribution in [-0.2, 0) is 16.4 Å². The van der Waals surface area contributed by atoms with Crippen molar-refractivity contribution in [1.82, 2.24) is 15.6 Å². The number of rotatable bonds is 5. The molecule has 1 aromatic rings. The van der Waals surface area contributed by atoms with Crippen molar-refractivity contribution in [3.8, 4) is 0 Å². The lowest BCUT2D eigenvalue weighted by Gasteiger charge is -2.19. The third kappa shape index (κ3) is 5.85. The van der Waals surface area contributed by atoms with Crippen LogP contribution in [-0.4, -0.2) is 43.5 Å². The first-order chi connectivity index (χ1) is 12.0. The molecular formula is C17H25ClN4O2S. The number of aliphatic imine (C=N–C) groups is 1. The number of aromatic nitrogens is 1. The van der Waals surface area contributed by atoms with Crippen LogP contribution in [0, 0.1) is 5.92 Å². The van der Waals surface area contributed by atoms with E-state index in [0.29, 0.717) is 29.9 Å². The minimum absolute atomic E-state index is 0.161. The first kappa shape index (κ1) is 18.5. The highest BCUT2D eigenvalue weighted by atomic mass is 35.5. The molecule has 0 amide bonds. The van der Waals surface area contributed by atoms with Gasteiger partial charge < -0.3 is 10.6 Å². The Labute approximate surface area is 154 Å². The first-order valence-electron chi connectivity index (χ1n) is 8.86. The number of hydrogen-bond donors (Lipinski definition) is 2. The number of sulfone groups is 1. The van der Waals surface area contributed by atoms with Gasteiger partial charge in [-0.05, 0) is 37.3 Å². The molecule has 25 heavy (non-hydrogen) atoms. The van der Waals surface area contributed by atoms with Crippen LogP contribution < -0.4 is 10.6 Å². The molecule has 1 unspecified atom stereocenters. The van der Waals surface area contributed by atoms with Gasteiger partial charge in [-0.1, -0.05) is 24.4 Å². The van der Waals surface area contributed by atoms with Crippen LogP contribution >= 0.6 is 11.6 Å². The van der Waals surface area contributed by atoms with E-state index in [2.05, 4.69) is 20.6 Å². The van der Waals surface area contributed by atoms with Gasteiger partial charge in [-0.15, -0.1) is 0 Å². The number of pyridine rings is 1. The van der Waals surface area contributed by atoms with Crippen LogP contribution in [0.25, 0.3) is 0 Å². The molecule has 2 fully saturated rings. The number of halogens is 1. The molecule has 2 heterocycles. The summed E-state index contributed by atoms with van der Waals surface area (Å²) in [5.74, 6) is 1.48. The lowest BCUT2D eigenvalue weighted by atomic mass is 10.1. The summed E-state index contributed by atoms with van der Waals surface area (Å²) < 4.78 is 23.2. The van der Waals surface area contributed by atoms with E-state index in [0.717, 1.165) is 30.9 Å². The second-order valence-electron chi connectivity index (χ2n) is 6.91. The number of hydrogen-bond acceptors (Lipinski definition) is 4. The standard InChI is InChI=1S/C17H25ClN4O2S/c18-14-5-6-16(19-10-14)11-21-17(22-15-3-1-2-4-15)20-9-13-7-8-25(23,24)12-13/h5-6,10,13,15H,1-4,7-9,11-12H2,(H2,20,21,22). The summed E-state index contributed by atoms with van der Waals surface area (Å²) in [4.78, 5) is 8.89. The summed E-state index contributed by atoms with van der Waals surface area (Å²) in [6, 6.07) is 4.11. The normalized spacial score (nSPS) is 23.7. The predicted molar refractivity (Wildman–Crippen MR) is 101 cm³/mol. The molecule has 6 nitrogen and oxygen atoms in total. The van der Waals surface area contributed by atoms with E-state index in [1.807, 2.05) is 6.07 Å². The molecule has 1 atom stereocenters. The van der Waals surface area contributed by atoms with Gasteiger partial charge >= 0.3 is 0 Å². The quantitative estimate of drug-likeness (QED) is 0.600. The first-order valence-corrected chi connectivity index (χ1v) is 11.1. The molecule has 0 spiro atoms. The molecule has 3 rings (SSSR count). The average Bonchev–Trinajstić information content (AvgIpc) is 3.20. The molecule has 0 radical (unpaired) electrons. The third-order valence-electron chi connectivity index (χ3n) is 4.77. The van der Waals surface area contributed by atoms with E-state index < -0.39 is 9.84 Å². The van der Waals surface area contributed by atoms with Gasteiger partial charge in [0.2, 0.25) is 0 Å². The zero-order valence-corrected chi connectivity index (χ0v) is 15.8. The SMILES string of the molecule is O=S1(=O)CCC(CNC(=NCc2ccc(Cl)cn2)NC2CCCC2)C1. The average molecular weight is 385 g/mol. The minimum atomic E-state index is -2.85. The van der Waals surface area contributed by atoms with Gasteiger partial charge in [0.25, 0.3) is 0 Å². The molecule has 8 heteroatoms. The van der Waals surface area contributed by atoms with Crippen LogP contribution in [0.4, 0.5) is 0 Å². The summed E-state index contributed by atoms with van der Waals surface area (Å²) in [5.41, 5.74) is 0.848. The minimum Gasteiger partial charge on any atom is -0.356 e. The number of guanidine groups is 1. The van der Waals surface area contributed by atoms with E-state index in [-0.39, 0.29) is 11.7 Å². The molecule has 1 aliphatic heterocycles. The van der Waals surface area contributed by atoms with Crippen LogP contribution in [0.2, 0.25) is 5.02 Å². The molecule has 2 aliphatic rings. The summed E-state index contributed by atoms with van der Waals surface area (Å²) in [6.07, 6.45) is 7.13. The van der Waals surface area contributed by atoms with E-state index in [1.54, 1.807) is 12.3 Å². The maximum Gasteiger partial charge on any atom is 0.191 e. The van der Waals surface area contributed by atoms with E-state index in [9.17, 15) is 8.42 Å². The topological polar surface area (TPSA) is 83.5 Å². The van der Waals surface area contributed by atoms with Crippen molar-refractivity contribution < 1.29 is 8.42 Å². The highest BCUT2D eigenvalue weighted by Gasteiger charge is 2.28. The fraction of sp³-hybridized carbons (Fsp3) is 0.647. The Balaban J connectivity index is 1.59. The highest BCUT2D eigenvalue weighted by molar-refractivity contribution is 7.91. The van der Waals surface area contributed by atoms with Gasteiger partial charge in [-0.25, -0.2) is 13.4 Å². The zero-order valence-electron chi connectivity index (χ0n) is 14.2. The van der Waals surface area contributed by atoms with Gasteiger partial charge in [0.05, 0.1) is 28.8 Å². The Morgan fingerprint density at radius 1 is 1.28 bits per heavy atom. The molecule has 0 bridgehead atoms. The fourth-order valence-corrected chi connectivity index (χ4v) is 5.32. The molecule has 1 aliphatic carbocycles. The number of nitrogens with zero attached hydrogens (tertiary/aromatic N) is 2. The van der Waals surface area contributed by atoms with Crippen molar-refractivity contribution in [2.75, 3.05) is 18.1 Å². The Morgan fingerprint density at radius 2 is 2.08 bits per heavy atom. The maximum absolute atomic E-state index is 11.6. The Morgan fingerprint density at radius 3 is 2.72 bits per heavy atom. The van der Waals surface area contributed by atoms with Crippen LogP contribution in [0.1, 0.15) is 37.8 Å². The molecule has 0 aromatic carbocycles. The monoisotopic (exact) mass is 384 g/mol. The smallest absolute Gasteiger partial charge is 0.191 e. The third-order valence-corrected chi connectivity index (χ3v) is 6.83. The van der Waals surface area contributed by atoms with Crippen molar-refractivity contribution in [3.63, 3.8) is 0 Å². The fourth-order valence-electron chi connectivity index (χ4n) is 3.35. The second kappa shape index (κ2) is 8.36. The second-order valence-corrected chi connectivity index (χ2v) is 9.57. The molecular weight excluding hydrogens is 360 g/mol. The van der Waals surface area contributed by atoms with Crippen LogP contribution in [0.3, 0.4) is 0 Å². The highest BCUT2D eigenvalue weighted by Crippen LogP contribution is 2.19. The van der Waals surface area contributed by atoms with Gasteiger partial charge in [0, 0.05) is 18.8 Å². The lowest BCUT2D eigenvalue weighted by Crippen LogP contribution is -2.44. The largest absolute Gasteiger partial charge is 0.356 e. The van der Waals surface area contributed by atoms with E-state index >= 15 is 0 Å². The summed E-state index contributed by atoms with van der Waals surface area (Å²) in [6.45, 7) is 1.09. The van der Waals surface area contributed by atoms with Crippen LogP contribution in [0.15, 0.2) is 23.3 Å². The number of nitrogens with one attached hydrogen (secondary N) is 2. The molecule has 1 saturated carbocycles. The maximum atomic E-state index is 11.6.